The summed E-state index contributed by atoms with van der Waals surface area (Å²) in [4.78, 5) is 15.5. The second-order valence-electron chi connectivity index (χ2n) is 7.11. The number of Topliss-reactive ketones (excluding diaryl/α,β-unsaturated/α-hetero) is 1. The molecular formula is C20H19NO6. The minimum absolute atomic E-state index is 0.0596. The molecule has 1 unspecified atom stereocenters. The Balaban J connectivity index is 1.78. The molecule has 2 aromatic rings. The minimum atomic E-state index is -1.32. The summed E-state index contributed by atoms with van der Waals surface area (Å²) in [6.45, 7) is 0.640. The van der Waals surface area contributed by atoms with E-state index < -0.39 is 11.6 Å². The van der Waals surface area contributed by atoms with Crippen LogP contribution in [0.4, 0.5) is 0 Å². The fraction of sp³-hybridized carbons (Fsp3) is 0.350. The number of likely N-dealkylation sites (N-methyl/N-ethyl adjacent to an activating group) is 1. The third kappa shape index (κ3) is 1.85. The number of carbonyl (C=O) groups excluding carboxylic acids is 1. The number of ether oxygens (including phenoxy) is 3. The zero-order valence-corrected chi connectivity index (χ0v) is 15.0. The minimum Gasteiger partial charge on any atom is -0.504 e. The molecule has 2 aromatic carbocycles. The van der Waals surface area contributed by atoms with Crippen molar-refractivity contribution in [2.45, 2.75) is 18.1 Å². The summed E-state index contributed by atoms with van der Waals surface area (Å²) in [5.74, 6) is 1.02. The summed E-state index contributed by atoms with van der Waals surface area (Å²) in [6, 6.07) is 6.65. The molecule has 0 amide bonds. The van der Waals surface area contributed by atoms with E-state index in [1.54, 1.807) is 18.2 Å². The highest BCUT2D eigenvalue weighted by Crippen LogP contribution is 2.57. The first kappa shape index (κ1) is 16.4. The van der Waals surface area contributed by atoms with Crippen LogP contribution in [0.15, 0.2) is 24.3 Å². The van der Waals surface area contributed by atoms with Crippen LogP contribution in [0, 0.1) is 0 Å². The van der Waals surface area contributed by atoms with Gasteiger partial charge in [-0.05, 0) is 48.9 Å². The summed E-state index contributed by atoms with van der Waals surface area (Å²) >= 11 is 0. The largest absolute Gasteiger partial charge is 0.504 e. The van der Waals surface area contributed by atoms with E-state index in [1.807, 2.05) is 11.9 Å². The number of aliphatic hydroxyl groups excluding tert-OH is 1. The van der Waals surface area contributed by atoms with Crippen LogP contribution in [-0.2, 0) is 12.0 Å². The molecule has 7 heteroatoms. The van der Waals surface area contributed by atoms with Gasteiger partial charge in [0.15, 0.2) is 28.8 Å². The molecule has 27 heavy (non-hydrogen) atoms. The van der Waals surface area contributed by atoms with Crippen LogP contribution >= 0.6 is 0 Å². The maximum absolute atomic E-state index is 13.6. The number of hydrogen-bond donors (Lipinski definition) is 2. The molecule has 0 saturated heterocycles. The van der Waals surface area contributed by atoms with Crippen LogP contribution in [0.5, 0.6) is 23.0 Å². The van der Waals surface area contributed by atoms with Crippen molar-refractivity contribution in [3.05, 3.63) is 46.5 Å². The number of nitrogens with zero attached hydrogens (tertiary/aromatic N) is 1. The van der Waals surface area contributed by atoms with Gasteiger partial charge in [-0.3, -0.25) is 9.69 Å². The lowest BCUT2D eigenvalue weighted by Crippen LogP contribution is -2.54. The number of methoxy groups -OCH3 is 1. The molecule has 0 bridgehead atoms. The van der Waals surface area contributed by atoms with Crippen molar-refractivity contribution in [2.24, 2.45) is 0 Å². The van der Waals surface area contributed by atoms with Crippen molar-refractivity contribution in [3.63, 3.8) is 0 Å². The Morgan fingerprint density at radius 3 is 2.89 bits per heavy atom. The Morgan fingerprint density at radius 1 is 1.30 bits per heavy atom. The van der Waals surface area contributed by atoms with Crippen LogP contribution in [-0.4, -0.2) is 48.4 Å². The molecule has 1 spiro atoms. The number of aromatic hydroxyl groups is 1. The van der Waals surface area contributed by atoms with Gasteiger partial charge in [0, 0.05) is 17.7 Å². The Labute approximate surface area is 155 Å². The molecule has 7 nitrogen and oxygen atoms in total. The first-order valence-corrected chi connectivity index (χ1v) is 8.77. The van der Waals surface area contributed by atoms with Crippen LogP contribution in [0.25, 0.3) is 0 Å². The number of aliphatic hydroxyl groups is 1. The van der Waals surface area contributed by atoms with Gasteiger partial charge >= 0.3 is 0 Å². The van der Waals surface area contributed by atoms with Gasteiger partial charge in [-0.25, -0.2) is 0 Å². The molecule has 2 atom stereocenters. The number of phenols is 1. The zero-order valence-electron chi connectivity index (χ0n) is 15.0. The average molecular weight is 369 g/mol. The van der Waals surface area contributed by atoms with Gasteiger partial charge < -0.3 is 24.4 Å². The number of ketones is 1. The quantitative estimate of drug-likeness (QED) is 0.792. The molecule has 0 radical (unpaired) electrons. The number of fused-ring (bicyclic) bond motifs is 5. The molecule has 140 valence electrons. The first-order valence-electron chi connectivity index (χ1n) is 8.77. The van der Waals surface area contributed by atoms with Crippen molar-refractivity contribution in [2.75, 3.05) is 27.5 Å². The topological polar surface area (TPSA) is 88.5 Å². The van der Waals surface area contributed by atoms with E-state index in [2.05, 4.69) is 0 Å². The standard InChI is InChI=1S/C20H19NO6/c1-21-6-5-10-7-15(25-2)13(22)8-12(10)20(21)18(23)11-3-4-14-17(27-9-26-14)16(11)19(20)24/h3-4,7-8,19,22,24H,5-6,9H2,1-2H3/t19-,20?/m1/s1. The predicted octanol–water partition coefficient (Wildman–Crippen LogP) is 1.74. The molecule has 2 heterocycles. The van der Waals surface area contributed by atoms with Crippen molar-refractivity contribution in [1.82, 2.24) is 4.90 Å². The van der Waals surface area contributed by atoms with Crippen LogP contribution in [0.2, 0.25) is 0 Å². The van der Waals surface area contributed by atoms with E-state index in [4.69, 9.17) is 14.2 Å². The first-order chi connectivity index (χ1) is 13.0. The lowest BCUT2D eigenvalue weighted by atomic mass is 9.76. The molecule has 0 aromatic heterocycles. The smallest absolute Gasteiger partial charge is 0.231 e. The van der Waals surface area contributed by atoms with E-state index in [-0.39, 0.29) is 18.3 Å². The Bertz CT molecular complexity index is 987. The second-order valence-corrected chi connectivity index (χ2v) is 7.11. The summed E-state index contributed by atoms with van der Waals surface area (Å²) in [5.41, 5.74) is 1.01. The van der Waals surface area contributed by atoms with E-state index in [0.717, 1.165) is 5.56 Å². The van der Waals surface area contributed by atoms with Gasteiger partial charge in [0.2, 0.25) is 6.79 Å². The van der Waals surface area contributed by atoms with E-state index in [0.29, 0.717) is 46.9 Å². The van der Waals surface area contributed by atoms with E-state index >= 15 is 0 Å². The van der Waals surface area contributed by atoms with Crippen LogP contribution < -0.4 is 14.2 Å². The zero-order chi connectivity index (χ0) is 18.9. The highest BCUT2D eigenvalue weighted by atomic mass is 16.7. The SMILES string of the molecule is COc1cc2c(cc1O)C1(C(=O)c3ccc4c(c3[C@H]1O)OCO4)N(C)CC2. The lowest BCUT2D eigenvalue weighted by molar-refractivity contribution is -0.00851. The summed E-state index contributed by atoms with van der Waals surface area (Å²) < 4.78 is 16.2. The Hall–Kier alpha value is -2.77. The fourth-order valence-electron chi connectivity index (χ4n) is 4.66. The molecule has 0 saturated carbocycles. The number of rotatable bonds is 1. The maximum Gasteiger partial charge on any atom is 0.231 e. The summed E-state index contributed by atoms with van der Waals surface area (Å²) in [7, 11) is 3.30. The third-order valence-electron chi connectivity index (χ3n) is 5.97. The Kier molecular flexibility index (Phi) is 3.26. The number of hydrogen-bond acceptors (Lipinski definition) is 7. The van der Waals surface area contributed by atoms with Crippen molar-refractivity contribution >= 4 is 5.78 Å². The molecule has 0 fully saturated rings. The van der Waals surface area contributed by atoms with Crippen molar-refractivity contribution in [1.29, 1.82) is 0 Å². The fourth-order valence-corrected chi connectivity index (χ4v) is 4.66. The van der Waals surface area contributed by atoms with Crippen molar-refractivity contribution < 1.29 is 29.2 Å². The third-order valence-corrected chi connectivity index (χ3v) is 5.97. The van der Waals surface area contributed by atoms with Gasteiger partial charge in [0.1, 0.15) is 11.6 Å². The maximum atomic E-state index is 13.6. The number of phenolic OH excluding ortho intramolecular Hbond substituents is 1. The molecule has 3 aliphatic rings. The van der Waals surface area contributed by atoms with Crippen LogP contribution in [0.1, 0.15) is 33.2 Å². The molecular weight excluding hydrogens is 350 g/mol. The van der Waals surface area contributed by atoms with E-state index in [1.165, 1.54) is 13.2 Å². The second kappa shape index (κ2) is 5.37. The van der Waals surface area contributed by atoms with Gasteiger partial charge in [-0.1, -0.05) is 0 Å². The highest BCUT2D eigenvalue weighted by Gasteiger charge is 2.60. The average Bonchev–Trinajstić information content (AvgIpc) is 3.22. The van der Waals surface area contributed by atoms with Gasteiger partial charge in [0.25, 0.3) is 0 Å². The number of benzene rings is 2. The summed E-state index contributed by atoms with van der Waals surface area (Å²) in [6.07, 6.45) is -0.466. The van der Waals surface area contributed by atoms with Crippen LogP contribution in [0.3, 0.4) is 0 Å². The highest BCUT2D eigenvalue weighted by molar-refractivity contribution is 6.10. The molecule has 1 aliphatic carbocycles. The summed E-state index contributed by atoms with van der Waals surface area (Å²) in [5, 5.41) is 21.8. The predicted molar refractivity (Wildman–Crippen MR) is 94.5 cm³/mol. The monoisotopic (exact) mass is 369 g/mol. The Morgan fingerprint density at radius 2 is 2.11 bits per heavy atom. The molecule has 5 rings (SSSR count). The lowest BCUT2D eigenvalue weighted by Gasteiger charge is -2.45. The van der Waals surface area contributed by atoms with Crippen molar-refractivity contribution in [3.8, 4) is 23.0 Å². The van der Waals surface area contributed by atoms with E-state index in [9.17, 15) is 15.0 Å². The van der Waals surface area contributed by atoms with Gasteiger partial charge in [-0.15, -0.1) is 0 Å². The molecule has 2 aliphatic heterocycles. The van der Waals surface area contributed by atoms with Gasteiger partial charge in [0.05, 0.1) is 7.11 Å². The number of carbonyl (C=O) groups is 1. The normalized spacial score (nSPS) is 25.6. The van der Waals surface area contributed by atoms with Gasteiger partial charge in [-0.2, -0.15) is 0 Å². The molecule has 2 N–H and O–H groups in total.